The number of carbonyl (C=O) groups excluding carboxylic acids is 1. The molecule has 2 N–H and O–H groups in total. The van der Waals surface area contributed by atoms with Crippen LogP contribution < -0.4 is 21.9 Å². The van der Waals surface area contributed by atoms with Crippen LogP contribution in [-0.2, 0) is 17.8 Å². The lowest BCUT2D eigenvalue weighted by molar-refractivity contribution is 0.159. The van der Waals surface area contributed by atoms with Gasteiger partial charge in [-0.25, -0.2) is 36.1 Å². The first-order valence-corrected chi connectivity index (χ1v) is 15.5. The van der Waals surface area contributed by atoms with Gasteiger partial charge in [-0.1, -0.05) is 18.2 Å². The van der Waals surface area contributed by atoms with Crippen molar-refractivity contribution >= 4 is 33.3 Å². The molecule has 0 aliphatic carbocycles. The summed E-state index contributed by atoms with van der Waals surface area (Å²) in [5, 5.41) is 5.17. The van der Waals surface area contributed by atoms with Crippen molar-refractivity contribution in [1.82, 2.24) is 19.4 Å². The van der Waals surface area contributed by atoms with Crippen LogP contribution in [-0.4, -0.2) is 53.9 Å². The Morgan fingerprint density at radius 1 is 0.938 bits per heavy atom. The minimum atomic E-state index is -1.53. The van der Waals surface area contributed by atoms with Gasteiger partial charge in [-0.05, 0) is 49.4 Å². The number of benzene rings is 3. The SMILES string of the molecule is CCNC(=O)Nc1ccc(-c2sc3c(c2CN(C)CCOC)c(=O)n(-c2c(F)cc(F)cc2F)c(=O)n3Cc2c(F)cccc2F)cc1. The van der Waals surface area contributed by atoms with E-state index >= 15 is 8.78 Å². The summed E-state index contributed by atoms with van der Waals surface area (Å²) in [6.45, 7) is 2.23. The number of ether oxygens (including phenoxy) is 1. The highest BCUT2D eigenvalue weighted by Crippen LogP contribution is 2.38. The van der Waals surface area contributed by atoms with Gasteiger partial charge >= 0.3 is 11.7 Å². The van der Waals surface area contributed by atoms with Crippen LogP contribution in [0.3, 0.4) is 0 Å². The molecule has 0 radical (unpaired) electrons. The zero-order valence-electron chi connectivity index (χ0n) is 26.0. The zero-order valence-corrected chi connectivity index (χ0v) is 26.8. The van der Waals surface area contributed by atoms with E-state index in [2.05, 4.69) is 10.6 Å². The summed E-state index contributed by atoms with van der Waals surface area (Å²) < 4.78 is 80.4. The molecule has 0 unspecified atom stereocenters. The lowest BCUT2D eigenvalue weighted by Crippen LogP contribution is -2.40. The van der Waals surface area contributed by atoms with E-state index < -0.39 is 64.2 Å². The fourth-order valence-corrected chi connectivity index (χ4v) is 6.52. The van der Waals surface area contributed by atoms with E-state index in [1.54, 1.807) is 38.2 Å². The Morgan fingerprint density at radius 3 is 2.19 bits per heavy atom. The first-order chi connectivity index (χ1) is 22.9. The van der Waals surface area contributed by atoms with Gasteiger partial charge in [-0.2, -0.15) is 0 Å². The van der Waals surface area contributed by atoms with E-state index in [4.69, 9.17) is 4.74 Å². The molecule has 252 valence electrons. The first kappa shape index (κ1) is 34.5. The van der Waals surface area contributed by atoms with Crippen molar-refractivity contribution in [1.29, 1.82) is 0 Å². The molecule has 0 fully saturated rings. The smallest absolute Gasteiger partial charge is 0.337 e. The van der Waals surface area contributed by atoms with Crippen molar-refractivity contribution in [2.45, 2.75) is 20.0 Å². The van der Waals surface area contributed by atoms with Gasteiger partial charge in [0.2, 0.25) is 0 Å². The lowest BCUT2D eigenvalue weighted by atomic mass is 10.1. The van der Waals surface area contributed by atoms with E-state index in [1.807, 2.05) is 4.90 Å². The molecule has 0 aliphatic rings. The molecule has 0 atom stereocenters. The van der Waals surface area contributed by atoms with E-state index in [1.165, 1.54) is 7.11 Å². The fourth-order valence-electron chi connectivity index (χ4n) is 5.22. The summed E-state index contributed by atoms with van der Waals surface area (Å²) in [4.78, 5) is 42.6. The quantitative estimate of drug-likeness (QED) is 0.170. The van der Waals surface area contributed by atoms with Crippen molar-refractivity contribution in [3.05, 3.63) is 116 Å². The Kier molecular flexibility index (Phi) is 10.4. The summed E-state index contributed by atoms with van der Waals surface area (Å²) in [6, 6.07) is 9.92. The van der Waals surface area contributed by atoms with Crippen molar-refractivity contribution in [3.8, 4) is 16.1 Å². The molecule has 2 aromatic heterocycles. The van der Waals surface area contributed by atoms with Gasteiger partial charge in [0.15, 0.2) is 11.6 Å². The van der Waals surface area contributed by atoms with Crippen molar-refractivity contribution in [2.24, 2.45) is 0 Å². The number of carbonyl (C=O) groups is 1. The zero-order chi connectivity index (χ0) is 34.7. The Balaban J connectivity index is 1.84. The third-order valence-corrected chi connectivity index (χ3v) is 8.81. The van der Waals surface area contributed by atoms with Crippen LogP contribution in [0.5, 0.6) is 0 Å². The average molecular weight is 688 g/mol. The highest BCUT2D eigenvalue weighted by Gasteiger charge is 2.28. The van der Waals surface area contributed by atoms with Crippen molar-refractivity contribution in [2.75, 3.05) is 39.2 Å². The predicted molar refractivity (Wildman–Crippen MR) is 173 cm³/mol. The van der Waals surface area contributed by atoms with Gasteiger partial charge < -0.3 is 15.4 Å². The van der Waals surface area contributed by atoms with Crippen LogP contribution in [0.2, 0.25) is 0 Å². The first-order valence-electron chi connectivity index (χ1n) is 14.7. The number of rotatable bonds is 11. The number of thiophene rings is 1. The number of nitrogens with zero attached hydrogens (tertiary/aromatic N) is 3. The number of fused-ring (bicyclic) bond motifs is 1. The molecule has 48 heavy (non-hydrogen) atoms. The second-order valence-corrected chi connectivity index (χ2v) is 11.8. The molecule has 9 nitrogen and oxygen atoms in total. The summed E-state index contributed by atoms with van der Waals surface area (Å²) in [6.07, 6.45) is 0. The molecule has 0 saturated carbocycles. The number of hydrogen-bond donors (Lipinski definition) is 2. The Labute approximate surface area is 274 Å². The molecule has 0 bridgehead atoms. The molecule has 5 rings (SSSR count). The summed E-state index contributed by atoms with van der Waals surface area (Å²) in [7, 11) is 3.26. The second kappa shape index (κ2) is 14.5. The van der Waals surface area contributed by atoms with Gasteiger partial charge in [0.1, 0.15) is 28.0 Å². The van der Waals surface area contributed by atoms with Gasteiger partial charge in [-0.3, -0.25) is 14.3 Å². The number of aromatic nitrogens is 2. The standard InChI is InChI=1S/C33H30F5N5O4S/c1-4-39-32(45)40-20-10-8-18(9-11-20)29-22(16-41(2)12-13-47-3)27-30(44)43(28-25(37)14-19(34)15-26(28)38)33(46)42(31(27)48-29)17-21-23(35)6-5-7-24(21)36/h5-11,14-15H,4,12-13,16-17H2,1-3H3,(H2,39,40,45). The van der Waals surface area contributed by atoms with Crippen LogP contribution in [0.4, 0.5) is 32.4 Å². The van der Waals surface area contributed by atoms with Gasteiger partial charge in [0, 0.05) is 55.0 Å². The van der Waals surface area contributed by atoms with Crippen molar-refractivity contribution in [3.63, 3.8) is 0 Å². The minimum absolute atomic E-state index is 0.0125. The minimum Gasteiger partial charge on any atom is -0.383 e. The highest BCUT2D eigenvalue weighted by atomic mass is 32.1. The maximum absolute atomic E-state index is 15.2. The van der Waals surface area contributed by atoms with E-state index in [0.29, 0.717) is 53.5 Å². The number of nitrogens with one attached hydrogen (secondary N) is 2. The van der Waals surface area contributed by atoms with Crippen molar-refractivity contribution < 1.29 is 31.5 Å². The van der Waals surface area contributed by atoms with E-state index in [-0.39, 0.29) is 21.3 Å². The molecule has 2 heterocycles. The van der Waals surface area contributed by atoms with Gasteiger partial charge in [0.25, 0.3) is 5.56 Å². The Hall–Kier alpha value is -4.86. The Morgan fingerprint density at radius 2 is 1.58 bits per heavy atom. The monoisotopic (exact) mass is 687 g/mol. The number of methoxy groups -OCH3 is 1. The molecule has 0 spiro atoms. The second-order valence-electron chi connectivity index (χ2n) is 10.8. The number of hydrogen-bond acceptors (Lipinski definition) is 6. The van der Waals surface area contributed by atoms with Crippen LogP contribution in [0.15, 0.2) is 64.2 Å². The maximum Gasteiger partial charge on any atom is 0.337 e. The topological polar surface area (TPSA) is 97.6 Å². The molecule has 15 heteroatoms. The van der Waals surface area contributed by atoms with Crippen LogP contribution in [0.25, 0.3) is 26.3 Å². The third-order valence-electron chi connectivity index (χ3n) is 7.50. The summed E-state index contributed by atoms with van der Waals surface area (Å²) in [5.74, 6) is -6.31. The number of likely N-dealkylation sites (N-methyl/N-ethyl adjacent to an activating group) is 1. The number of halogens is 5. The average Bonchev–Trinajstić information content (AvgIpc) is 3.40. The Bertz CT molecular complexity index is 2070. The molecule has 0 aliphatic heterocycles. The van der Waals surface area contributed by atoms with Crippen LogP contribution in [0.1, 0.15) is 18.1 Å². The summed E-state index contributed by atoms with van der Waals surface area (Å²) in [5.41, 5.74) is -2.72. The van der Waals surface area contributed by atoms with Gasteiger partial charge in [-0.15, -0.1) is 11.3 Å². The molecule has 5 aromatic rings. The third kappa shape index (κ3) is 6.88. The molecule has 2 amide bonds. The lowest BCUT2D eigenvalue weighted by Gasteiger charge is -2.18. The predicted octanol–water partition coefficient (Wildman–Crippen LogP) is 5.84. The normalized spacial score (nSPS) is 11.4. The van der Waals surface area contributed by atoms with Crippen LogP contribution in [0, 0.1) is 29.1 Å². The fraction of sp³-hybridized carbons (Fsp3) is 0.242. The van der Waals surface area contributed by atoms with E-state index in [0.717, 1.165) is 34.1 Å². The largest absolute Gasteiger partial charge is 0.383 e. The number of amides is 2. The maximum atomic E-state index is 15.2. The summed E-state index contributed by atoms with van der Waals surface area (Å²) >= 11 is 0.971. The van der Waals surface area contributed by atoms with Gasteiger partial charge in [0.05, 0.1) is 18.5 Å². The number of anilines is 1. The van der Waals surface area contributed by atoms with E-state index in [9.17, 15) is 27.6 Å². The van der Waals surface area contributed by atoms with Crippen LogP contribution >= 0.6 is 11.3 Å². The molecular formula is C33H30F5N5O4S. The number of urea groups is 1. The molecular weight excluding hydrogens is 657 g/mol. The molecule has 3 aromatic carbocycles. The highest BCUT2D eigenvalue weighted by molar-refractivity contribution is 7.22. The molecule has 0 saturated heterocycles.